The number of fused-ring (bicyclic) bond motifs is 3. The van der Waals surface area contributed by atoms with Crippen molar-refractivity contribution in [2.45, 2.75) is 45.2 Å². The molecule has 2 fully saturated rings. The highest BCUT2D eigenvalue weighted by Gasteiger charge is 2.38. The van der Waals surface area contributed by atoms with Gasteiger partial charge >= 0.3 is 0 Å². The fourth-order valence-corrected chi connectivity index (χ4v) is 5.57. The highest BCUT2D eigenvalue weighted by molar-refractivity contribution is 6.09. The number of amides is 3. The van der Waals surface area contributed by atoms with Crippen LogP contribution in [0.2, 0.25) is 0 Å². The lowest BCUT2D eigenvalue weighted by Crippen LogP contribution is -2.38. The van der Waals surface area contributed by atoms with Crippen molar-refractivity contribution < 1.29 is 14.4 Å². The van der Waals surface area contributed by atoms with Crippen LogP contribution < -0.4 is 16.4 Å². The van der Waals surface area contributed by atoms with E-state index in [0.717, 1.165) is 18.0 Å². The Labute approximate surface area is 229 Å². The molecule has 40 heavy (non-hydrogen) atoms. The lowest BCUT2D eigenvalue weighted by Gasteiger charge is -2.25. The van der Waals surface area contributed by atoms with Crippen molar-refractivity contribution in [3.8, 4) is 11.3 Å². The number of aryl methyl sites for hydroxylation is 2. The molecule has 13 nitrogen and oxygen atoms in total. The zero-order valence-corrected chi connectivity index (χ0v) is 22.1. The van der Waals surface area contributed by atoms with Crippen molar-refractivity contribution in [1.82, 2.24) is 34.3 Å². The Bertz CT molecular complexity index is 1610. The number of hydrogen-bond donors (Lipinski definition) is 3. The molecular formula is C27H30N10O3. The van der Waals surface area contributed by atoms with Crippen molar-refractivity contribution in [2.75, 3.05) is 23.7 Å². The number of piperidine rings is 1. The summed E-state index contributed by atoms with van der Waals surface area (Å²) < 4.78 is 3.20. The number of hydrogen-bond acceptors (Lipinski definition) is 8. The standard InChI is InChI=1S/C27H30N10O3/c1-16-22(7-19(9-29-16)33-26(39)15-35-12-17-2-3-20(35)6-17)34-27(40)21-10-32-37-14-23(30-11-24(21)37)18-8-31-36(13-18)5-4-25(28)38/h7-11,13-14,17,20H,2-6,12,15H2,1H3,(H2,28,38)(H,33,39)(H,34,40)/t17-,20+/m0/s1. The number of nitrogens with one attached hydrogen (secondary N) is 2. The topological polar surface area (TPSA) is 165 Å². The van der Waals surface area contributed by atoms with Gasteiger partial charge in [-0.05, 0) is 38.2 Å². The van der Waals surface area contributed by atoms with Crippen LogP contribution in [0.4, 0.5) is 11.4 Å². The summed E-state index contributed by atoms with van der Waals surface area (Å²) in [7, 11) is 0. The summed E-state index contributed by atoms with van der Waals surface area (Å²) in [6, 6.07) is 2.23. The molecule has 1 saturated carbocycles. The number of anilines is 2. The summed E-state index contributed by atoms with van der Waals surface area (Å²) in [5.41, 5.74) is 9.07. The van der Waals surface area contributed by atoms with Crippen molar-refractivity contribution in [2.24, 2.45) is 11.7 Å². The molecule has 2 atom stereocenters. The van der Waals surface area contributed by atoms with Crippen LogP contribution in [0, 0.1) is 12.8 Å². The van der Waals surface area contributed by atoms with Crippen molar-refractivity contribution in [1.29, 1.82) is 0 Å². The number of carbonyl (C=O) groups excluding carboxylic acids is 3. The minimum atomic E-state index is -0.398. The van der Waals surface area contributed by atoms with Crippen molar-refractivity contribution in [3.63, 3.8) is 0 Å². The minimum Gasteiger partial charge on any atom is -0.370 e. The maximum atomic E-state index is 13.2. The lowest BCUT2D eigenvalue weighted by atomic mass is 10.1. The predicted molar refractivity (Wildman–Crippen MR) is 146 cm³/mol. The van der Waals surface area contributed by atoms with E-state index in [4.69, 9.17) is 5.73 Å². The number of likely N-dealkylation sites (tertiary alicyclic amines) is 1. The molecule has 6 rings (SSSR count). The Morgan fingerprint density at radius 1 is 1.05 bits per heavy atom. The Hall–Kier alpha value is -4.65. The molecule has 1 aliphatic heterocycles. The average molecular weight is 543 g/mol. The molecule has 0 spiro atoms. The van der Waals surface area contributed by atoms with Crippen molar-refractivity contribution in [3.05, 3.63) is 54.5 Å². The van der Waals surface area contributed by atoms with E-state index in [1.165, 1.54) is 25.5 Å². The van der Waals surface area contributed by atoms with Gasteiger partial charge in [0.2, 0.25) is 11.8 Å². The van der Waals surface area contributed by atoms with E-state index in [9.17, 15) is 14.4 Å². The Kier molecular flexibility index (Phi) is 6.72. The van der Waals surface area contributed by atoms with Crippen molar-refractivity contribution >= 4 is 34.6 Å². The number of aromatic nitrogens is 6. The van der Waals surface area contributed by atoms with Crippen LogP contribution in [-0.4, -0.2) is 71.1 Å². The maximum absolute atomic E-state index is 13.2. The second kappa shape index (κ2) is 10.5. The van der Waals surface area contributed by atoms with E-state index in [2.05, 4.69) is 35.7 Å². The minimum absolute atomic E-state index is 0.0848. The predicted octanol–water partition coefficient (Wildman–Crippen LogP) is 1.85. The number of rotatable bonds is 9. The summed E-state index contributed by atoms with van der Waals surface area (Å²) in [5, 5.41) is 14.4. The van der Waals surface area contributed by atoms with E-state index < -0.39 is 5.91 Å². The molecule has 0 aromatic carbocycles. The van der Waals surface area contributed by atoms with Crippen LogP contribution in [0.1, 0.15) is 41.7 Å². The lowest BCUT2D eigenvalue weighted by molar-refractivity contribution is -0.118. The van der Waals surface area contributed by atoms with E-state index in [-0.39, 0.29) is 18.2 Å². The van der Waals surface area contributed by atoms with Gasteiger partial charge in [-0.15, -0.1) is 0 Å². The zero-order valence-electron chi connectivity index (χ0n) is 22.1. The first-order chi connectivity index (χ1) is 19.3. The fraction of sp³-hybridized carbons (Fsp3) is 0.370. The highest BCUT2D eigenvalue weighted by Crippen LogP contribution is 2.37. The van der Waals surface area contributed by atoms with Crippen LogP contribution in [0.5, 0.6) is 0 Å². The third kappa shape index (κ3) is 5.27. The summed E-state index contributed by atoms with van der Waals surface area (Å²) >= 11 is 0. The van der Waals surface area contributed by atoms with Gasteiger partial charge < -0.3 is 16.4 Å². The third-order valence-electron chi connectivity index (χ3n) is 7.65. The van der Waals surface area contributed by atoms with Gasteiger partial charge in [0, 0.05) is 37.3 Å². The summed E-state index contributed by atoms with van der Waals surface area (Å²) in [6.45, 7) is 3.52. The Morgan fingerprint density at radius 3 is 2.70 bits per heavy atom. The first-order valence-corrected chi connectivity index (χ1v) is 13.3. The largest absolute Gasteiger partial charge is 0.370 e. The fourth-order valence-electron chi connectivity index (χ4n) is 5.57. The zero-order chi connectivity index (χ0) is 27.8. The van der Waals surface area contributed by atoms with Crippen LogP contribution >= 0.6 is 0 Å². The van der Waals surface area contributed by atoms with E-state index >= 15 is 0 Å². The molecule has 3 amide bonds. The first kappa shape index (κ1) is 25.6. The van der Waals surface area contributed by atoms with E-state index in [0.29, 0.717) is 53.0 Å². The van der Waals surface area contributed by atoms with Gasteiger partial charge in [0.25, 0.3) is 5.91 Å². The van der Waals surface area contributed by atoms with Crippen LogP contribution in [0.15, 0.2) is 43.2 Å². The molecule has 206 valence electrons. The van der Waals surface area contributed by atoms with Gasteiger partial charge in [0.05, 0.1) is 71.4 Å². The Morgan fingerprint density at radius 2 is 1.93 bits per heavy atom. The molecule has 0 radical (unpaired) electrons. The Balaban J connectivity index is 1.13. The molecule has 2 bridgehead atoms. The number of pyridine rings is 1. The highest BCUT2D eigenvalue weighted by atomic mass is 16.2. The summed E-state index contributed by atoms with van der Waals surface area (Å²) in [5.74, 6) is -0.130. The van der Waals surface area contributed by atoms with Gasteiger partial charge in [-0.3, -0.25) is 33.9 Å². The van der Waals surface area contributed by atoms with E-state index in [1.54, 1.807) is 53.2 Å². The monoisotopic (exact) mass is 542 g/mol. The molecule has 2 aliphatic rings. The summed E-state index contributed by atoms with van der Waals surface area (Å²) in [6.07, 6.45) is 13.6. The molecule has 4 N–H and O–H groups in total. The third-order valence-corrected chi connectivity index (χ3v) is 7.65. The molecule has 4 aromatic rings. The number of nitrogens with zero attached hydrogens (tertiary/aromatic N) is 7. The molecule has 5 heterocycles. The number of primary amides is 1. The number of nitrogens with two attached hydrogens (primary N) is 1. The second-order valence-corrected chi connectivity index (χ2v) is 10.5. The van der Waals surface area contributed by atoms with Gasteiger partial charge in [0.15, 0.2) is 0 Å². The van der Waals surface area contributed by atoms with E-state index in [1.807, 2.05) is 0 Å². The van der Waals surface area contributed by atoms with Gasteiger partial charge in [0.1, 0.15) is 0 Å². The molecule has 1 saturated heterocycles. The van der Waals surface area contributed by atoms with Crippen LogP contribution in [-0.2, 0) is 16.1 Å². The normalized spacial score (nSPS) is 18.3. The smallest absolute Gasteiger partial charge is 0.259 e. The summed E-state index contributed by atoms with van der Waals surface area (Å²) in [4.78, 5) is 48.0. The molecule has 4 aromatic heterocycles. The van der Waals surface area contributed by atoms with Gasteiger partial charge in [-0.25, -0.2) is 4.52 Å². The molecule has 13 heteroatoms. The number of carbonyl (C=O) groups is 3. The van der Waals surface area contributed by atoms with Gasteiger partial charge in [-0.1, -0.05) is 0 Å². The van der Waals surface area contributed by atoms with Gasteiger partial charge in [-0.2, -0.15) is 10.2 Å². The maximum Gasteiger partial charge on any atom is 0.259 e. The molecule has 0 unspecified atom stereocenters. The average Bonchev–Trinajstić information content (AvgIpc) is 3.73. The molecule has 1 aliphatic carbocycles. The van der Waals surface area contributed by atoms with Crippen LogP contribution in [0.3, 0.4) is 0 Å². The molecular weight excluding hydrogens is 512 g/mol. The first-order valence-electron chi connectivity index (χ1n) is 13.3. The SMILES string of the molecule is Cc1ncc(NC(=O)CN2C[C@H]3CC[C@@H]2C3)cc1NC(=O)c1cnn2cc(-c3cnn(CCC(N)=O)c3)ncc12. The second-order valence-electron chi connectivity index (χ2n) is 10.5. The quantitative estimate of drug-likeness (QED) is 0.288. The van der Waals surface area contributed by atoms with Crippen LogP contribution in [0.25, 0.3) is 16.8 Å².